The molecule has 1 fully saturated rings. The standard InChI is InChI=1S/C18H24N4OS/c1-13(18(23)22-8-4-17-15(12-22)5-9-24-17)21-6-2-14(3-7-21)16-10-19-20-11-16/h5,9-11,13-14H,2-4,6-8,12H2,1H3,(H,19,20). The van der Waals surface area contributed by atoms with Gasteiger partial charge in [0.1, 0.15) is 0 Å². The summed E-state index contributed by atoms with van der Waals surface area (Å²) in [4.78, 5) is 18.8. The molecule has 5 nitrogen and oxygen atoms in total. The van der Waals surface area contributed by atoms with E-state index in [1.165, 1.54) is 16.0 Å². The summed E-state index contributed by atoms with van der Waals surface area (Å²) in [6.07, 6.45) is 7.15. The van der Waals surface area contributed by atoms with Gasteiger partial charge in [0.05, 0.1) is 12.2 Å². The maximum atomic E-state index is 12.9. The zero-order chi connectivity index (χ0) is 16.5. The molecule has 1 amide bonds. The first-order valence-corrected chi connectivity index (χ1v) is 9.67. The van der Waals surface area contributed by atoms with E-state index in [-0.39, 0.29) is 11.9 Å². The van der Waals surface area contributed by atoms with E-state index in [0.717, 1.165) is 45.4 Å². The summed E-state index contributed by atoms with van der Waals surface area (Å²) in [5.41, 5.74) is 2.64. The lowest BCUT2D eigenvalue weighted by Crippen LogP contribution is -2.50. The van der Waals surface area contributed by atoms with Crippen LogP contribution in [0.25, 0.3) is 0 Å². The molecule has 1 atom stereocenters. The average Bonchev–Trinajstić information content (AvgIpc) is 3.31. The second kappa shape index (κ2) is 6.69. The fourth-order valence-corrected chi connectivity index (χ4v) is 4.85. The van der Waals surface area contributed by atoms with Crippen molar-refractivity contribution in [1.29, 1.82) is 0 Å². The number of hydrogen-bond acceptors (Lipinski definition) is 4. The molecule has 2 aromatic rings. The van der Waals surface area contributed by atoms with Crippen molar-refractivity contribution in [3.8, 4) is 0 Å². The highest BCUT2D eigenvalue weighted by Gasteiger charge is 2.31. The molecule has 24 heavy (non-hydrogen) atoms. The number of aromatic nitrogens is 2. The van der Waals surface area contributed by atoms with Crippen LogP contribution in [0.3, 0.4) is 0 Å². The van der Waals surface area contributed by atoms with E-state index in [9.17, 15) is 4.79 Å². The number of nitrogens with zero attached hydrogens (tertiary/aromatic N) is 3. The summed E-state index contributed by atoms with van der Waals surface area (Å²) in [6.45, 7) is 5.69. The smallest absolute Gasteiger partial charge is 0.239 e. The molecule has 0 radical (unpaired) electrons. The lowest BCUT2D eigenvalue weighted by Gasteiger charge is -2.38. The van der Waals surface area contributed by atoms with Crippen molar-refractivity contribution in [3.63, 3.8) is 0 Å². The quantitative estimate of drug-likeness (QED) is 0.931. The van der Waals surface area contributed by atoms with Crippen LogP contribution < -0.4 is 0 Å². The fourth-order valence-electron chi connectivity index (χ4n) is 3.96. The predicted octanol–water partition coefficient (Wildman–Crippen LogP) is 2.62. The third-order valence-electron chi connectivity index (χ3n) is 5.54. The molecule has 1 N–H and O–H groups in total. The molecule has 0 saturated carbocycles. The Labute approximate surface area is 146 Å². The van der Waals surface area contributed by atoms with Gasteiger partial charge in [0, 0.05) is 24.2 Å². The first-order valence-electron chi connectivity index (χ1n) is 8.79. The maximum Gasteiger partial charge on any atom is 0.239 e. The van der Waals surface area contributed by atoms with E-state index in [1.54, 1.807) is 0 Å². The monoisotopic (exact) mass is 344 g/mol. The molecular weight excluding hydrogens is 320 g/mol. The molecule has 0 aliphatic carbocycles. The third-order valence-corrected chi connectivity index (χ3v) is 6.57. The maximum absolute atomic E-state index is 12.9. The number of amides is 1. The lowest BCUT2D eigenvalue weighted by atomic mass is 9.91. The Hall–Kier alpha value is -1.66. The highest BCUT2D eigenvalue weighted by atomic mass is 32.1. The second-order valence-electron chi connectivity index (χ2n) is 6.90. The van der Waals surface area contributed by atoms with E-state index in [0.29, 0.717) is 5.92 Å². The molecule has 2 aromatic heterocycles. The summed E-state index contributed by atoms with van der Waals surface area (Å²) in [5.74, 6) is 0.860. The van der Waals surface area contributed by atoms with Crippen molar-refractivity contribution in [2.45, 2.75) is 44.7 Å². The Morgan fingerprint density at radius 1 is 1.38 bits per heavy atom. The molecule has 0 bridgehead atoms. The van der Waals surface area contributed by atoms with Crippen molar-refractivity contribution in [2.75, 3.05) is 19.6 Å². The van der Waals surface area contributed by atoms with E-state index in [2.05, 4.69) is 33.5 Å². The second-order valence-corrected chi connectivity index (χ2v) is 7.90. The van der Waals surface area contributed by atoms with Crippen molar-refractivity contribution >= 4 is 17.2 Å². The van der Waals surface area contributed by atoms with E-state index < -0.39 is 0 Å². The summed E-state index contributed by atoms with van der Waals surface area (Å²) >= 11 is 1.82. The van der Waals surface area contributed by atoms with Gasteiger partial charge >= 0.3 is 0 Å². The zero-order valence-electron chi connectivity index (χ0n) is 14.1. The van der Waals surface area contributed by atoms with E-state index in [4.69, 9.17) is 0 Å². The van der Waals surface area contributed by atoms with Crippen LogP contribution in [0.15, 0.2) is 23.8 Å². The molecule has 2 aliphatic heterocycles. The largest absolute Gasteiger partial charge is 0.337 e. The van der Waals surface area contributed by atoms with Crippen LogP contribution in [0.1, 0.15) is 41.7 Å². The van der Waals surface area contributed by atoms with Crippen molar-refractivity contribution in [2.24, 2.45) is 0 Å². The van der Waals surface area contributed by atoms with Crippen molar-refractivity contribution < 1.29 is 4.79 Å². The summed E-state index contributed by atoms with van der Waals surface area (Å²) in [5, 5.41) is 9.10. The van der Waals surface area contributed by atoms with Gasteiger partial charge in [0.25, 0.3) is 0 Å². The van der Waals surface area contributed by atoms with Crippen LogP contribution in [-0.4, -0.2) is 51.6 Å². The van der Waals surface area contributed by atoms with Crippen LogP contribution in [-0.2, 0) is 17.8 Å². The zero-order valence-corrected chi connectivity index (χ0v) is 14.9. The number of fused-ring (bicyclic) bond motifs is 1. The Morgan fingerprint density at radius 2 is 2.21 bits per heavy atom. The molecule has 6 heteroatoms. The van der Waals surface area contributed by atoms with Gasteiger partial charge in [0.15, 0.2) is 0 Å². The fraction of sp³-hybridized carbons (Fsp3) is 0.556. The predicted molar refractivity (Wildman–Crippen MR) is 95.0 cm³/mol. The molecule has 1 unspecified atom stereocenters. The number of rotatable bonds is 3. The first-order chi connectivity index (χ1) is 11.7. The van der Waals surface area contributed by atoms with Gasteiger partial charge in [-0.2, -0.15) is 5.10 Å². The summed E-state index contributed by atoms with van der Waals surface area (Å²) in [7, 11) is 0. The van der Waals surface area contributed by atoms with Gasteiger partial charge < -0.3 is 4.90 Å². The molecule has 0 aromatic carbocycles. The van der Waals surface area contributed by atoms with Gasteiger partial charge in [-0.15, -0.1) is 11.3 Å². The molecule has 0 spiro atoms. The topological polar surface area (TPSA) is 52.2 Å². The minimum absolute atomic E-state index is 0.0181. The summed E-state index contributed by atoms with van der Waals surface area (Å²) in [6, 6.07) is 2.15. The van der Waals surface area contributed by atoms with Crippen LogP contribution >= 0.6 is 11.3 Å². The van der Waals surface area contributed by atoms with Crippen LogP contribution in [0.2, 0.25) is 0 Å². The normalized spacial score (nSPS) is 20.8. The first kappa shape index (κ1) is 15.8. The lowest BCUT2D eigenvalue weighted by molar-refractivity contribution is -0.137. The van der Waals surface area contributed by atoms with Crippen LogP contribution in [0, 0.1) is 0 Å². The highest BCUT2D eigenvalue weighted by Crippen LogP contribution is 2.29. The number of H-pyrrole nitrogens is 1. The Balaban J connectivity index is 1.34. The summed E-state index contributed by atoms with van der Waals surface area (Å²) < 4.78 is 0. The average molecular weight is 344 g/mol. The number of likely N-dealkylation sites (tertiary alicyclic amines) is 1. The number of aromatic amines is 1. The molecule has 2 aliphatic rings. The van der Waals surface area contributed by atoms with Gasteiger partial charge in [-0.1, -0.05) is 0 Å². The Kier molecular flexibility index (Phi) is 4.41. The minimum atomic E-state index is -0.0181. The van der Waals surface area contributed by atoms with Crippen LogP contribution in [0.4, 0.5) is 0 Å². The number of piperidine rings is 1. The Morgan fingerprint density at radius 3 is 2.96 bits per heavy atom. The number of thiophene rings is 1. The minimum Gasteiger partial charge on any atom is -0.337 e. The van der Waals surface area contributed by atoms with Gasteiger partial charge in [-0.3, -0.25) is 14.8 Å². The van der Waals surface area contributed by atoms with Crippen LogP contribution in [0.5, 0.6) is 0 Å². The molecule has 1 saturated heterocycles. The van der Waals surface area contributed by atoms with Crippen molar-refractivity contribution in [3.05, 3.63) is 39.8 Å². The van der Waals surface area contributed by atoms with Gasteiger partial charge in [0.2, 0.25) is 5.91 Å². The number of carbonyl (C=O) groups is 1. The van der Waals surface area contributed by atoms with E-state index >= 15 is 0 Å². The highest BCUT2D eigenvalue weighted by molar-refractivity contribution is 7.10. The van der Waals surface area contributed by atoms with E-state index in [1.807, 2.05) is 28.6 Å². The van der Waals surface area contributed by atoms with Gasteiger partial charge in [-0.25, -0.2) is 0 Å². The SMILES string of the molecule is CC(C(=O)N1CCc2sccc2C1)N1CCC(c2cn[nH]c2)CC1. The molecule has 4 heterocycles. The number of carbonyl (C=O) groups excluding carboxylic acids is 1. The van der Waals surface area contributed by atoms with Gasteiger partial charge in [-0.05, 0) is 67.8 Å². The Bertz CT molecular complexity index is 688. The third kappa shape index (κ3) is 3.00. The number of hydrogen-bond donors (Lipinski definition) is 1. The molecule has 4 rings (SSSR count). The molecule has 128 valence electrons. The number of nitrogens with one attached hydrogen (secondary N) is 1. The molecular formula is C18H24N4OS. The van der Waals surface area contributed by atoms with Crippen molar-refractivity contribution in [1.82, 2.24) is 20.0 Å².